The first kappa shape index (κ1) is 15.5. The third-order valence-corrected chi connectivity index (χ3v) is 5.11. The lowest BCUT2D eigenvalue weighted by Crippen LogP contribution is -2.41. The number of hydrogen-bond acceptors (Lipinski definition) is 2. The molecule has 1 aliphatic heterocycles. The quantitative estimate of drug-likeness (QED) is 0.855. The van der Waals surface area contributed by atoms with E-state index < -0.39 is 0 Å². The van der Waals surface area contributed by atoms with E-state index in [-0.39, 0.29) is 5.91 Å². The lowest BCUT2D eigenvalue weighted by atomic mass is 9.84. The third-order valence-electron chi connectivity index (χ3n) is 5.11. The Bertz CT molecular complexity index is 532. The molecule has 0 aromatic heterocycles. The first-order valence-corrected chi connectivity index (χ1v) is 8.62. The molecule has 1 atom stereocenters. The summed E-state index contributed by atoms with van der Waals surface area (Å²) in [5.74, 6) is 1.08. The second-order valence-electron chi connectivity index (χ2n) is 6.93. The molecule has 1 unspecified atom stereocenters. The molecule has 3 nitrogen and oxygen atoms in total. The maximum Gasteiger partial charge on any atom is 0.223 e. The molecular weight excluding hydrogens is 274 g/mol. The standard InChI is InChI=1S/C19H27NO2/c1-14(2)18(13-19(21)20-8-10-22-11-9-20)17-7-6-15-4-3-5-16(15)12-17/h6-7,12,14,18H,3-5,8-11,13H2,1-2H3. The Labute approximate surface area is 133 Å². The van der Waals surface area contributed by atoms with Gasteiger partial charge in [-0.05, 0) is 47.8 Å². The van der Waals surface area contributed by atoms with Gasteiger partial charge in [-0.2, -0.15) is 0 Å². The first-order chi connectivity index (χ1) is 10.6. The Kier molecular flexibility index (Phi) is 4.82. The van der Waals surface area contributed by atoms with E-state index in [1.807, 2.05) is 4.90 Å². The normalized spacial score (nSPS) is 19.3. The molecule has 3 heteroatoms. The van der Waals surface area contributed by atoms with Crippen LogP contribution < -0.4 is 0 Å². The van der Waals surface area contributed by atoms with E-state index in [1.165, 1.54) is 36.0 Å². The van der Waals surface area contributed by atoms with Gasteiger partial charge < -0.3 is 9.64 Å². The Hall–Kier alpha value is -1.35. The predicted molar refractivity (Wildman–Crippen MR) is 88.1 cm³/mol. The van der Waals surface area contributed by atoms with E-state index in [1.54, 1.807) is 0 Å². The van der Waals surface area contributed by atoms with E-state index >= 15 is 0 Å². The lowest BCUT2D eigenvalue weighted by molar-refractivity contribution is -0.135. The molecule has 0 saturated carbocycles. The zero-order chi connectivity index (χ0) is 15.5. The summed E-state index contributed by atoms with van der Waals surface area (Å²) < 4.78 is 5.34. The number of benzene rings is 1. The maximum absolute atomic E-state index is 12.6. The average molecular weight is 301 g/mol. The molecule has 1 saturated heterocycles. The third kappa shape index (κ3) is 3.35. The van der Waals surface area contributed by atoms with Crippen LogP contribution in [-0.2, 0) is 22.4 Å². The Morgan fingerprint density at radius 1 is 1.18 bits per heavy atom. The largest absolute Gasteiger partial charge is 0.378 e. The molecule has 3 rings (SSSR count). The summed E-state index contributed by atoms with van der Waals surface area (Å²) in [6.07, 6.45) is 4.31. The minimum atomic E-state index is 0.280. The number of carbonyl (C=O) groups excluding carboxylic acids is 1. The van der Waals surface area contributed by atoms with Gasteiger partial charge in [-0.1, -0.05) is 32.0 Å². The number of ether oxygens (including phenoxy) is 1. The van der Waals surface area contributed by atoms with Crippen molar-refractivity contribution >= 4 is 5.91 Å². The zero-order valence-electron chi connectivity index (χ0n) is 13.8. The smallest absolute Gasteiger partial charge is 0.223 e. The van der Waals surface area contributed by atoms with Crippen LogP contribution in [0.4, 0.5) is 0 Å². The average Bonchev–Trinajstić information content (AvgIpc) is 3.00. The van der Waals surface area contributed by atoms with Gasteiger partial charge in [0, 0.05) is 19.5 Å². The van der Waals surface area contributed by atoms with Crippen molar-refractivity contribution < 1.29 is 9.53 Å². The van der Waals surface area contributed by atoms with E-state index in [9.17, 15) is 4.79 Å². The van der Waals surface area contributed by atoms with Crippen molar-refractivity contribution in [3.8, 4) is 0 Å². The van der Waals surface area contributed by atoms with Gasteiger partial charge in [0.15, 0.2) is 0 Å². The van der Waals surface area contributed by atoms with Crippen LogP contribution in [-0.4, -0.2) is 37.1 Å². The van der Waals surface area contributed by atoms with Gasteiger partial charge in [-0.15, -0.1) is 0 Å². The summed E-state index contributed by atoms with van der Waals surface area (Å²) in [4.78, 5) is 14.6. The van der Waals surface area contributed by atoms with Gasteiger partial charge in [-0.25, -0.2) is 0 Å². The molecule has 1 aromatic carbocycles. The van der Waals surface area contributed by atoms with E-state index in [4.69, 9.17) is 4.74 Å². The molecule has 1 heterocycles. The molecule has 1 fully saturated rings. The van der Waals surface area contributed by atoms with Crippen molar-refractivity contribution in [3.63, 3.8) is 0 Å². The fourth-order valence-corrected chi connectivity index (χ4v) is 3.69. The highest BCUT2D eigenvalue weighted by Gasteiger charge is 2.25. The minimum absolute atomic E-state index is 0.280. The summed E-state index contributed by atoms with van der Waals surface area (Å²) in [6, 6.07) is 6.90. The molecule has 22 heavy (non-hydrogen) atoms. The number of fused-ring (bicyclic) bond motifs is 1. The number of nitrogens with zero attached hydrogens (tertiary/aromatic N) is 1. The van der Waals surface area contributed by atoms with Crippen LogP contribution in [0.25, 0.3) is 0 Å². The van der Waals surface area contributed by atoms with Gasteiger partial charge >= 0.3 is 0 Å². The van der Waals surface area contributed by atoms with Crippen molar-refractivity contribution in [3.05, 3.63) is 34.9 Å². The topological polar surface area (TPSA) is 29.5 Å². The van der Waals surface area contributed by atoms with Crippen LogP contribution >= 0.6 is 0 Å². The first-order valence-electron chi connectivity index (χ1n) is 8.62. The highest BCUT2D eigenvalue weighted by atomic mass is 16.5. The van der Waals surface area contributed by atoms with Crippen LogP contribution in [0.2, 0.25) is 0 Å². The summed E-state index contributed by atoms with van der Waals surface area (Å²) in [5, 5.41) is 0. The molecule has 0 spiro atoms. The highest BCUT2D eigenvalue weighted by molar-refractivity contribution is 5.77. The van der Waals surface area contributed by atoms with Gasteiger partial charge in [0.2, 0.25) is 5.91 Å². The lowest BCUT2D eigenvalue weighted by Gasteiger charge is -2.30. The SMILES string of the molecule is CC(C)C(CC(=O)N1CCOCC1)c1ccc2c(c1)CCC2. The van der Waals surface area contributed by atoms with Crippen molar-refractivity contribution in [1.29, 1.82) is 0 Å². The Morgan fingerprint density at radius 3 is 2.64 bits per heavy atom. The van der Waals surface area contributed by atoms with Gasteiger partial charge in [-0.3, -0.25) is 4.79 Å². The zero-order valence-corrected chi connectivity index (χ0v) is 13.8. The molecule has 1 aliphatic carbocycles. The molecule has 0 radical (unpaired) electrons. The number of morpholine rings is 1. The summed E-state index contributed by atoms with van der Waals surface area (Å²) in [5.41, 5.74) is 4.35. The fraction of sp³-hybridized carbons (Fsp3) is 0.632. The molecule has 120 valence electrons. The summed E-state index contributed by atoms with van der Waals surface area (Å²) in [6.45, 7) is 7.30. The molecule has 0 N–H and O–H groups in total. The van der Waals surface area contributed by atoms with E-state index in [0.717, 1.165) is 13.1 Å². The second kappa shape index (κ2) is 6.82. The number of aryl methyl sites for hydroxylation is 2. The van der Waals surface area contributed by atoms with Gasteiger partial charge in [0.25, 0.3) is 0 Å². The summed E-state index contributed by atoms with van der Waals surface area (Å²) in [7, 11) is 0. The van der Waals surface area contributed by atoms with Crippen LogP contribution in [0.3, 0.4) is 0 Å². The van der Waals surface area contributed by atoms with Crippen molar-refractivity contribution in [2.24, 2.45) is 5.92 Å². The van der Waals surface area contributed by atoms with Crippen LogP contribution in [0, 0.1) is 5.92 Å². The van der Waals surface area contributed by atoms with Crippen LogP contribution in [0.1, 0.15) is 49.3 Å². The fourth-order valence-electron chi connectivity index (χ4n) is 3.69. The number of carbonyl (C=O) groups is 1. The summed E-state index contributed by atoms with van der Waals surface area (Å²) >= 11 is 0. The van der Waals surface area contributed by atoms with Crippen LogP contribution in [0.15, 0.2) is 18.2 Å². The predicted octanol–water partition coefficient (Wildman–Crippen LogP) is 3.16. The Balaban J connectivity index is 1.73. The number of amides is 1. The number of hydrogen-bond donors (Lipinski definition) is 0. The Morgan fingerprint density at radius 2 is 1.91 bits per heavy atom. The molecule has 1 aromatic rings. The van der Waals surface area contributed by atoms with Crippen LogP contribution in [0.5, 0.6) is 0 Å². The van der Waals surface area contributed by atoms with Crippen molar-refractivity contribution in [2.45, 2.75) is 45.4 Å². The minimum Gasteiger partial charge on any atom is -0.378 e. The van der Waals surface area contributed by atoms with Crippen molar-refractivity contribution in [1.82, 2.24) is 4.90 Å². The van der Waals surface area contributed by atoms with E-state index in [0.29, 0.717) is 31.5 Å². The molecule has 2 aliphatic rings. The van der Waals surface area contributed by atoms with E-state index in [2.05, 4.69) is 32.0 Å². The highest BCUT2D eigenvalue weighted by Crippen LogP contribution is 2.32. The molecular formula is C19H27NO2. The maximum atomic E-state index is 12.6. The monoisotopic (exact) mass is 301 g/mol. The number of rotatable bonds is 4. The molecule has 1 amide bonds. The second-order valence-corrected chi connectivity index (χ2v) is 6.93. The molecule has 0 bridgehead atoms. The van der Waals surface area contributed by atoms with Gasteiger partial charge in [0.1, 0.15) is 0 Å². The van der Waals surface area contributed by atoms with Crippen molar-refractivity contribution in [2.75, 3.05) is 26.3 Å². The van der Waals surface area contributed by atoms with Gasteiger partial charge in [0.05, 0.1) is 13.2 Å².